The summed E-state index contributed by atoms with van der Waals surface area (Å²) in [6, 6.07) is 6.05. The molecule has 2 aromatic rings. The molecule has 8 heteroatoms. The van der Waals surface area contributed by atoms with Gasteiger partial charge in [-0.15, -0.1) is 16.4 Å². The predicted molar refractivity (Wildman–Crippen MR) is 87.4 cm³/mol. The number of H-pyrrole nitrogens is 1. The van der Waals surface area contributed by atoms with Crippen molar-refractivity contribution < 1.29 is 4.79 Å². The van der Waals surface area contributed by atoms with E-state index in [1.54, 1.807) is 18.3 Å². The topological polar surface area (TPSA) is 94.5 Å². The number of rotatable bonds is 6. The van der Waals surface area contributed by atoms with Crippen LogP contribution in [0, 0.1) is 17.2 Å². The lowest BCUT2D eigenvalue weighted by molar-refractivity contribution is -0.120. The van der Waals surface area contributed by atoms with Gasteiger partial charge in [0.05, 0.1) is 16.7 Å². The second-order valence-electron chi connectivity index (χ2n) is 5.25. The van der Waals surface area contributed by atoms with E-state index in [-0.39, 0.29) is 17.6 Å². The van der Waals surface area contributed by atoms with Crippen LogP contribution in [0.3, 0.4) is 0 Å². The lowest BCUT2D eigenvalue weighted by Gasteiger charge is -2.27. The molecule has 116 valence electrons. The first-order valence-corrected chi connectivity index (χ1v) is 8.62. The normalized spacial score (nSPS) is 13.6. The molecule has 0 spiro atoms. The summed E-state index contributed by atoms with van der Waals surface area (Å²) >= 11 is 2.81. The highest BCUT2D eigenvalue weighted by Crippen LogP contribution is 2.23. The van der Waals surface area contributed by atoms with E-state index in [0.29, 0.717) is 11.0 Å². The van der Waals surface area contributed by atoms with Crippen LogP contribution in [0.15, 0.2) is 22.7 Å². The Bertz CT molecular complexity index is 674. The fourth-order valence-corrected chi connectivity index (χ4v) is 2.85. The van der Waals surface area contributed by atoms with Crippen LogP contribution in [0.25, 0.3) is 10.7 Å². The SMILES string of the molecule is CC(C)C(C)(C#N)NC(=O)CSc1n[nH]c(-c2cccs2)n1. The molecule has 1 amide bonds. The highest BCUT2D eigenvalue weighted by molar-refractivity contribution is 7.99. The zero-order chi connectivity index (χ0) is 16.2. The van der Waals surface area contributed by atoms with E-state index in [1.807, 2.05) is 31.4 Å². The Labute approximate surface area is 137 Å². The third kappa shape index (κ3) is 3.87. The molecule has 2 aromatic heterocycles. The Balaban J connectivity index is 1.91. The van der Waals surface area contributed by atoms with Gasteiger partial charge in [-0.05, 0) is 24.3 Å². The van der Waals surface area contributed by atoms with Gasteiger partial charge in [-0.2, -0.15) is 5.26 Å². The Morgan fingerprint density at radius 3 is 3.00 bits per heavy atom. The summed E-state index contributed by atoms with van der Waals surface area (Å²) in [6.45, 7) is 5.53. The molecule has 0 aliphatic carbocycles. The average molecular weight is 335 g/mol. The van der Waals surface area contributed by atoms with Crippen molar-refractivity contribution in [1.29, 1.82) is 5.26 Å². The first kappa shape index (κ1) is 16.5. The third-order valence-electron chi connectivity index (χ3n) is 3.34. The van der Waals surface area contributed by atoms with E-state index in [0.717, 1.165) is 4.88 Å². The minimum absolute atomic E-state index is 0.0281. The number of thioether (sulfide) groups is 1. The Morgan fingerprint density at radius 2 is 2.41 bits per heavy atom. The molecule has 0 bridgehead atoms. The number of nitrogens with zero attached hydrogens (tertiary/aromatic N) is 3. The zero-order valence-electron chi connectivity index (χ0n) is 12.6. The van der Waals surface area contributed by atoms with Crippen LogP contribution in [0.5, 0.6) is 0 Å². The molecule has 0 aromatic carbocycles. The minimum Gasteiger partial charge on any atom is -0.337 e. The Kier molecular flexibility index (Phi) is 5.21. The zero-order valence-corrected chi connectivity index (χ0v) is 14.2. The summed E-state index contributed by atoms with van der Waals surface area (Å²) in [5, 5.41) is 21.4. The van der Waals surface area contributed by atoms with Crippen LogP contribution in [0.1, 0.15) is 20.8 Å². The minimum atomic E-state index is -0.862. The second-order valence-corrected chi connectivity index (χ2v) is 7.14. The largest absolute Gasteiger partial charge is 0.337 e. The highest BCUT2D eigenvalue weighted by atomic mass is 32.2. The van der Waals surface area contributed by atoms with Gasteiger partial charge >= 0.3 is 0 Å². The molecular weight excluding hydrogens is 318 g/mol. The van der Waals surface area contributed by atoms with E-state index in [1.165, 1.54) is 11.8 Å². The molecule has 2 N–H and O–H groups in total. The van der Waals surface area contributed by atoms with Crippen LogP contribution >= 0.6 is 23.1 Å². The van der Waals surface area contributed by atoms with Gasteiger partial charge in [0, 0.05) is 0 Å². The number of amides is 1. The monoisotopic (exact) mass is 335 g/mol. The summed E-state index contributed by atoms with van der Waals surface area (Å²) in [5.41, 5.74) is -0.862. The lowest BCUT2D eigenvalue weighted by atomic mass is 9.90. The fourth-order valence-electron chi connectivity index (χ4n) is 1.59. The van der Waals surface area contributed by atoms with E-state index >= 15 is 0 Å². The van der Waals surface area contributed by atoms with Crippen molar-refractivity contribution in [3.05, 3.63) is 17.5 Å². The molecule has 0 saturated carbocycles. The van der Waals surface area contributed by atoms with Crippen LogP contribution in [0.2, 0.25) is 0 Å². The van der Waals surface area contributed by atoms with Crippen molar-refractivity contribution in [3.8, 4) is 16.8 Å². The standard InChI is InChI=1S/C14H17N5OS2/c1-9(2)14(3,8-15)17-11(20)7-22-13-16-12(18-19-13)10-5-4-6-21-10/h4-6,9H,7H2,1-3H3,(H,17,20)(H,16,18,19). The van der Waals surface area contributed by atoms with Crippen molar-refractivity contribution in [3.63, 3.8) is 0 Å². The van der Waals surface area contributed by atoms with Crippen molar-refractivity contribution in [2.75, 3.05) is 5.75 Å². The van der Waals surface area contributed by atoms with E-state index < -0.39 is 5.54 Å². The summed E-state index contributed by atoms with van der Waals surface area (Å²) in [4.78, 5) is 17.3. The third-order valence-corrected chi connectivity index (χ3v) is 5.06. The smallest absolute Gasteiger partial charge is 0.231 e. The summed E-state index contributed by atoms with van der Waals surface area (Å²) in [7, 11) is 0. The number of carbonyl (C=O) groups excluding carboxylic acids is 1. The predicted octanol–water partition coefficient (Wildman–Crippen LogP) is 2.68. The molecule has 0 aliphatic heterocycles. The lowest BCUT2D eigenvalue weighted by Crippen LogP contribution is -2.49. The molecule has 1 unspecified atom stereocenters. The van der Waals surface area contributed by atoms with Gasteiger partial charge in [-0.1, -0.05) is 31.7 Å². The van der Waals surface area contributed by atoms with Gasteiger partial charge in [-0.3, -0.25) is 9.89 Å². The van der Waals surface area contributed by atoms with Crippen LogP contribution in [-0.2, 0) is 4.79 Å². The molecule has 0 aliphatic rings. The first-order chi connectivity index (χ1) is 10.4. The molecule has 2 heterocycles. The van der Waals surface area contributed by atoms with Crippen molar-refractivity contribution >= 4 is 29.0 Å². The summed E-state index contributed by atoms with van der Waals surface area (Å²) < 4.78 is 0. The van der Waals surface area contributed by atoms with E-state index in [9.17, 15) is 10.1 Å². The number of aromatic nitrogens is 3. The second kappa shape index (κ2) is 6.94. The number of nitrogens with one attached hydrogen (secondary N) is 2. The van der Waals surface area contributed by atoms with Crippen LogP contribution in [-0.4, -0.2) is 32.4 Å². The fraction of sp³-hybridized carbons (Fsp3) is 0.429. The molecule has 1 atom stereocenters. The highest BCUT2D eigenvalue weighted by Gasteiger charge is 2.29. The van der Waals surface area contributed by atoms with Crippen molar-refractivity contribution in [2.24, 2.45) is 5.92 Å². The maximum absolute atomic E-state index is 12.0. The van der Waals surface area contributed by atoms with Gasteiger partial charge in [0.25, 0.3) is 0 Å². The quantitative estimate of drug-likeness (QED) is 0.792. The Morgan fingerprint density at radius 1 is 1.64 bits per heavy atom. The van der Waals surface area contributed by atoms with Crippen molar-refractivity contribution in [2.45, 2.75) is 31.5 Å². The van der Waals surface area contributed by atoms with Gasteiger partial charge in [0.1, 0.15) is 5.54 Å². The van der Waals surface area contributed by atoms with Gasteiger partial charge in [0.2, 0.25) is 11.1 Å². The molecule has 0 saturated heterocycles. The van der Waals surface area contributed by atoms with Crippen LogP contribution < -0.4 is 5.32 Å². The van der Waals surface area contributed by atoms with E-state index in [4.69, 9.17) is 0 Å². The summed E-state index contributed by atoms with van der Waals surface area (Å²) in [6.07, 6.45) is 0. The Hall–Kier alpha value is -1.85. The first-order valence-electron chi connectivity index (χ1n) is 6.76. The summed E-state index contributed by atoms with van der Waals surface area (Å²) in [5.74, 6) is 0.693. The number of aromatic amines is 1. The van der Waals surface area contributed by atoms with Gasteiger partial charge in [0.15, 0.2) is 5.82 Å². The molecular formula is C14H17N5OS2. The number of thiophene rings is 1. The van der Waals surface area contributed by atoms with Crippen molar-refractivity contribution in [1.82, 2.24) is 20.5 Å². The molecule has 6 nitrogen and oxygen atoms in total. The maximum atomic E-state index is 12.0. The number of hydrogen-bond donors (Lipinski definition) is 2. The molecule has 0 radical (unpaired) electrons. The molecule has 22 heavy (non-hydrogen) atoms. The average Bonchev–Trinajstić information content (AvgIpc) is 3.15. The number of carbonyl (C=O) groups is 1. The number of nitriles is 1. The van der Waals surface area contributed by atoms with Gasteiger partial charge in [-0.25, -0.2) is 4.98 Å². The maximum Gasteiger partial charge on any atom is 0.231 e. The van der Waals surface area contributed by atoms with Gasteiger partial charge < -0.3 is 5.32 Å². The molecule has 2 rings (SSSR count). The molecule has 0 fully saturated rings. The number of hydrogen-bond acceptors (Lipinski definition) is 6. The van der Waals surface area contributed by atoms with Crippen LogP contribution in [0.4, 0.5) is 0 Å². The van der Waals surface area contributed by atoms with E-state index in [2.05, 4.69) is 26.6 Å².